The minimum Gasteiger partial charge on any atom is -0.367 e. The number of aromatic nitrogens is 4. The molecule has 1 heterocycles. The summed E-state index contributed by atoms with van der Waals surface area (Å²) >= 11 is 0. The minimum absolute atomic E-state index is 0.0126. The normalized spacial score (nSPS) is 11.8. The lowest BCUT2D eigenvalue weighted by Gasteiger charge is -2.00. The average Bonchev–Trinajstić information content (AvgIpc) is 2.48. The van der Waals surface area contributed by atoms with Gasteiger partial charge in [0.15, 0.2) is 9.84 Å². The first kappa shape index (κ1) is 9.90. The number of hydrogen-bond donors (Lipinski definition) is 1. The van der Waals surface area contributed by atoms with Crippen LogP contribution in [-0.2, 0) is 16.4 Å². The monoisotopic (exact) mass is 205 g/mol. The van der Waals surface area contributed by atoms with Crippen LogP contribution in [0.1, 0.15) is 6.92 Å². The van der Waals surface area contributed by atoms with Crippen molar-refractivity contribution in [1.82, 2.24) is 20.2 Å². The van der Waals surface area contributed by atoms with Gasteiger partial charge in [0.2, 0.25) is 5.95 Å². The van der Waals surface area contributed by atoms with Crippen LogP contribution in [0.3, 0.4) is 0 Å². The molecule has 0 radical (unpaired) electrons. The van der Waals surface area contributed by atoms with Crippen LogP contribution in [0.5, 0.6) is 0 Å². The molecule has 0 bridgehead atoms. The fourth-order valence-corrected chi connectivity index (χ4v) is 1.48. The molecule has 1 aromatic heterocycles. The molecule has 1 rings (SSSR count). The smallest absolute Gasteiger partial charge is 0.240 e. The fourth-order valence-electron chi connectivity index (χ4n) is 0.741. The number of nitrogens with two attached hydrogens (primary N) is 1. The minimum atomic E-state index is -2.98. The molecule has 0 aromatic carbocycles. The lowest BCUT2D eigenvalue weighted by atomic mass is 10.7. The molecule has 74 valence electrons. The van der Waals surface area contributed by atoms with Gasteiger partial charge in [-0.15, -0.1) is 0 Å². The van der Waals surface area contributed by atoms with Gasteiger partial charge in [0.1, 0.15) is 0 Å². The van der Waals surface area contributed by atoms with Gasteiger partial charge in [-0.3, -0.25) is 0 Å². The van der Waals surface area contributed by atoms with E-state index in [1.165, 1.54) is 4.68 Å². The van der Waals surface area contributed by atoms with Gasteiger partial charge in [0.25, 0.3) is 0 Å². The van der Waals surface area contributed by atoms with Gasteiger partial charge in [0.05, 0.1) is 12.3 Å². The number of anilines is 1. The largest absolute Gasteiger partial charge is 0.367 e. The van der Waals surface area contributed by atoms with Crippen molar-refractivity contribution in [2.24, 2.45) is 0 Å². The molecule has 0 saturated carbocycles. The zero-order valence-corrected chi connectivity index (χ0v) is 8.03. The highest BCUT2D eigenvalue weighted by molar-refractivity contribution is 7.91. The van der Waals surface area contributed by atoms with Gasteiger partial charge in [-0.2, -0.15) is 0 Å². The predicted octanol–water partition coefficient (Wildman–Crippen LogP) is -1.31. The summed E-state index contributed by atoms with van der Waals surface area (Å²) in [5.41, 5.74) is 5.34. The van der Waals surface area contributed by atoms with Crippen molar-refractivity contribution in [3.63, 3.8) is 0 Å². The number of nitrogens with zero attached hydrogens (tertiary/aromatic N) is 4. The lowest BCUT2D eigenvalue weighted by Crippen LogP contribution is -2.16. The average molecular weight is 205 g/mol. The molecular weight excluding hydrogens is 194 g/mol. The first-order valence-electron chi connectivity index (χ1n) is 3.77. The van der Waals surface area contributed by atoms with Crippen molar-refractivity contribution in [3.05, 3.63) is 0 Å². The SMILES string of the molecule is CCS(=O)(=O)CCn1nnnc1N. The zero-order valence-electron chi connectivity index (χ0n) is 7.21. The Balaban J connectivity index is 2.58. The van der Waals surface area contributed by atoms with E-state index < -0.39 is 9.84 Å². The fraction of sp³-hybridized carbons (Fsp3) is 0.800. The summed E-state index contributed by atoms with van der Waals surface area (Å²) in [5, 5.41) is 10.2. The van der Waals surface area contributed by atoms with Crippen LogP contribution in [0.25, 0.3) is 0 Å². The van der Waals surface area contributed by atoms with E-state index >= 15 is 0 Å². The third kappa shape index (κ3) is 2.65. The molecule has 0 amide bonds. The van der Waals surface area contributed by atoms with E-state index in [1.54, 1.807) is 6.92 Å². The van der Waals surface area contributed by atoms with Crippen LogP contribution in [0.15, 0.2) is 0 Å². The second-order valence-electron chi connectivity index (χ2n) is 2.50. The topological polar surface area (TPSA) is 104 Å². The number of nitrogen functional groups attached to an aromatic ring is 1. The van der Waals surface area contributed by atoms with E-state index in [2.05, 4.69) is 15.5 Å². The molecule has 8 heteroatoms. The summed E-state index contributed by atoms with van der Waals surface area (Å²) in [6.45, 7) is 1.80. The van der Waals surface area contributed by atoms with E-state index in [0.717, 1.165) is 0 Å². The summed E-state index contributed by atoms with van der Waals surface area (Å²) in [6, 6.07) is 0. The standard InChI is InChI=1S/C5H11N5O2S/c1-2-13(11,12)4-3-10-5(6)7-8-9-10/h2-4H2,1H3,(H2,6,7,9). The molecule has 0 aliphatic heterocycles. The van der Waals surface area contributed by atoms with E-state index in [1.807, 2.05) is 0 Å². The molecule has 0 saturated heterocycles. The van der Waals surface area contributed by atoms with Crippen molar-refractivity contribution in [1.29, 1.82) is 0 Å². The van der Waals surface area contributed by atoms with Crippen LogP contribution < -0.4 is 5.73 Å². The maximum Gasteiger partial charge on any atom is 0.240 e. The van der Waals surface area contributed by atoms with Crippen LogP contribution in [0.2, 0.25) is 0 Å². The molecule has 7 nitrogen and oxygen atoms in total. The molecule has 13 heavy (non-hydrogen) atoms. The van der Waals surface area contributed by atoms with E-state index in [4.69, 9.17) is 5.73 Å². The number of rotatable bonds is 4. The molecule has 2 N–H and O–H groups in total. The van der Waals surface area contributed by atoms with E-state index in [-0.39, 0.29) is 24.0 Å². The third-order valence-electron chi connectivity index (χ3n) is 1.61. The highest BCUT2D eigenvalue weighted by Gasteiger charge is 2.09. The van der Waals surface area contributed by atoms with Gasteiger partial charge >= 0.3 is 0 Å². The van der Waals surface area contributed by atoms with Gasteiger partial charge in [-0.25, -0.2) is 13.1 Å². The Morgan fingerprint density at radius 1 is 1.54 bits per heavy atom. The molecule has 0 aliphatic rings. The van der Waals surface area contributed by atoms with E-state index in [9.17, 15) is 8.42 Å². The van der Waals surface area contributed by atoms with Crippen LogP contribution in [-0.4, -0.2) is 40.1 Å². The van der Waals surface area contributed by atoms with Crippen molar-refractivity contribution in [2.45, 2.75) is 13.5 Å². The molecule has 1 aromatic rings. The number of tetrazole rings is 1. The summed E-state index contributed by atoms with van der Waals surface area (Å²) in [6.07, 6.45) is 0. The maximum absolute atomic E-state index is 11.1. The molecule has 0 fully saturated rings. The van der Waals surface area contributed by atoms with Gasteiger partial charge < -0.3 is 5.73 Å². The van der Waals surface area contributed by atoms with Gasteiger partial charge in [-0.05, 0) is 10.4 Å². The van der Waals surface area contributed by atoms with Crippen molar-refractivity contribution in [2.75, 3.05) is 17.2 Å². The Morgan fingerprint density at radius 3 is 2.69 bits per heavy atom. The molecule has 0 unspecified atom stereocenters. The van der Waals surface area contributed by atoms with Gasteiger partial charge in [-0.1, -0.05) is 12.0 Å². The zero-order chi connectivity index (χ0) is 9.90. The van der Waals surface area contributed by atoms with Crippen LogP contribution in [0.4, 0.5) is 5.95 Å². The number of hydrogen-bond acceptors (Lipinski definition) is 6. The molecule has 0 spiro atoms. The number of sulfone groups is 1. The van der Waals surface area contributed by atoms with E-state index in [0.29, 0.717) is 0 Å². The maximum atomic E-state index is 11.1. The summed E-state index contributed by atoms with van der Waals surface area (Å²) < 4.78 is 23.4. The van der Waals surface area contributed by atoms with Crippen molar-refractivity contribution >= 4 is 15.8 Å². The summed E-state index contributed by atoms with van der Waals surface area (Å²) in [5.74, 6) is 0.264. The van der Waals surface area contributed by atoms with Crippen LogP contribution >= 0.6 is 0 Å². The quantitative estimate of drug-likeness (QED) is 0.654. The number of aryl methyl sites for hydroxylation is 1. The highest BCUT2D eigenvalue weighted by atomic mass is 32.2. The molecular formula is C5H11N5O2S. The van der Waals surface area contributed by atoms with Crippen molar-refractivity contribution in [3.8, 4) is 0 Å². The third-order valence-corrected chi connectivity index (χ3v) is 3.30. The lowest BCUT2D eigenvalue weighted by molar-refractivity contribution is 0.578. The molecule has 0 aliphatic carbocycles. The second-order valence-corrected chi connectivity index (χ2v) is 4.97. The Labute approximate surface area is 75.8 Å². The Morgan fingerprint density at radius 2 is 2.23 bits per heavy atom. The highest BCUT2D eigenvalue weighted by Crippen LogP contribution is 1.95. The van der Waals surface area contributed by atoms with Crippen molar-refractivity contribution < 1.29 is 8.42 Å². The first-order chi connectivity index (χ1) is 6.05. The van der Waals surface area contributed by atoms with Crippen LogP contribution in [0, 0.1) is 0 Å². The Bertz CT molecular complexity index is 370. The molecule has 0 atom stereocenters. The summed E-state index contributed by atoms with van der Waals surface area (Å²) in [7, 11) is -2.98. The summed E-state index contributed by atoms with van der Waals surface area (Å²) in [4.78, 5) is 0. The second kappa shape index (κ2) is 3.69. The van der Waals surface area contributed by atoms with Gasteiger partial charge in [0, 0.05) is 5.75 Å². The predicted molar refractivity (Wildman–Crippen MR) is 46.6 cm³/mol. The Kier molecular flexibility index (Phi) is 2.81. The Hall–Kier alpha value is -1.18. The first-order valence-corrected chi connectivity index (χ1v) is 5.59.